The summed E-state index contributed by atoms with van der Waals surface area (Å²) in [7, 11) is 1.59. The Bertz CT molecular complexity index is 1340. The largest absolute Gasteiger partial charge is 0.497 e. The van der Waals surface area contributed by atoms with Crippen molar-refractivity contribution in [2.24, 2.45) is 5.73 Å². The number of nitrogens with two attached hydrogens (primary N) is 1. The smallest absolute Gasteiger partial charge is 0.416 e. The number of ether oxygens (including phenoxy) is 1. The van der Waals surface area contributed by atoms with Crippen LogP contribution < -0.4 is 15.8 Å². The molecule has 3 N–H and O–H groups in total. The zero-order valence-corrected chi connectivity index (χ0v) is 19.1. The highest BCUT2D eigenvalue weighted by Crippen LogP contribution is 2.34. The van der Waals surface area contributed by atoms with Crippen molar-refractivity contribution in [1.29, 1.82) is 0 Å². The number of anilines is 2. The first kappa shape index (κ1) is 23.4. The van der Waals surface area contributed by atoms with Gasteiger partial charge in [0, 0.05) is 23.3 Å². The zero-order valence-electron chi connectivity index (χ0n) is 18.3. The molecule has 0 unspecified atom stereocenters. The second-order valence-corrected chi connectivity index (χ2v) is 8.43. The molecule has 34 heavy (non-hydrogen) atoms. The van der Waals surface area contributed by atoms with Crippen LogP contribution in [0.15, 0.2) is 60.0 Å². The summed E-state index contributed by atoms with van der Waals surface area (Å²) in [6.45, 7) is 2.25. The maximum atomic E-state index is 13.0. The fourth-order valence-electron chi connectivity index (χ4n) is 3.61. The van der Waals surface area contributed by atoms with Crippen molar-refractivity contribution < 1.29 is 22.7 Å². The highest BCUT2D eigenvalue weighted by molar-refractivity contribution is 7.14. The monoisotopic (exact) mass is 486 g/mol. The second-order valence-electron chi connectivity index (χ2n) is 7.57. The van der Waals surface area contributed by atoms with Gasteiger partial charge in [-0.05, 0) is 48.9 Å². The second kappa shape index (κ2) is 9.22. The fourth-order valence-corrected chi connectivity index (χ4v) is 4.33. The molecule has 0 aliphatic carbocycles. The molecule has 0 saturated carbocycles. The van der Waals surface area contributed by atoms with Gasteiger partial charge in [0.25, 0.3) is 5.91 Å². The van der Waals surface area contributed by atoms with Crippen LogP contribution in [0.1, 0.15) is 27.2 Å². The third kappa shape index (κ3) is 4.91. The molecule has 6 nitrogen and oxygen atoms in total. The summed E-state index contributed by atoms with van der Waals surface area (Å²) < 4.78 is 46.3. The number of alkyl halides is 3. The number of hydrogen-bond acceptors (Lipinski definition) is 5. The Morgan fingerprint density at radius 2 is 1.94 bits per heavy atom. The number of halogens is 3. The van der Waals surface area contributed by atoms with E-state index < -0.39 is 17.6 Å². The van der Waals surface area contributed by atoms with Gasteiger partial charge in [-0.25, -0.2) is 4.98 Å². The number of carbonyl (C=O) groups excluding carboxylic acids is 1. The molecule has 0 atom stereocenters. The zero-order chi connectivity index (χ0) is 24.5. The van der Waals surface area contributed by atoms with E-state index in [-0.39, 0.29) is 5.69 Å². The minimum atomic E-state index is -4.44. The number of rotatable bonds is 7. The van der Waals surface area contributed by atoms with Crippen molar-refractivity contribution in [3.63, 3.8) is 0 Å². The molecule has 0 aliphatic rings. The standard InChI is InChI=1S/C24H21F3N4O2S/c1-14-19(22(28)32)11-21(31(14)12-15-5-3-8-18(9-15)33-2)20-13-34-23(30-20)29-17-7-4-6-16(10-17)24(25,26)27/h3-11,13H,12H2,1-2H3,(H2,28,32)(H,29,30). The number of primary amides is 1. The van der Waals surface area contributed by atoms with Gasteiger partial charge >= 0.3 is 6.18 Å². The highest BCUT2D eigenvalue weighted by atomic mass is 32.1. The van der Waals surface area contributed by atoms with Crippen LogP contribution in [0, 0.1) is 6.92 Å². The Morgan fingerprint density at radius 1 is 1.18 bits per heavy atom. The molecule has 1 amide bonds. The normalized spacial score (nSPS) is 11.4. The number of carbonyl (C=O) groups is 1. The summed E-state index contributed by atoms with van der Waals surface area (Å²) >= 11 is 1.24. The van der Waals surface area contributed by atoms with Gasteiger partial charge in [0.1, 0.15) is 5.75 Å². The molecule has 0 radical (unpaired) electrons. The predicted molar refractivity (Wildman–Crippen MR) is 126 cm³/mol. The third-order valence-electron chi connectivity index (χ3n) is 5.31. The van der Waals surface area contributed by atoms with E-state index in [0.29, 0.717) is 40.1 Å². The van der Waals surface area contributed by atoms with Crippen molar-refractivity contribution in [1.82, 2.24) is 9.55 Å². The molecular weight excluding hydrogens is 465 g/mol. The van der Waals surface area contributed by atoms with E-state index in [4.69, 9.17) is 10.5 Å². The highest BCUT2D eigenvalue weighted by Gasteiger charge is 2.30. The van der Waals surface area contributed by atoms with Crippen LogP contribution in [0.5, 0.6) is 5.75 Å². The molecule has 0 spiro atoms. The summed E-state index contributed by atoms with van der Waals surface area (Å²) in [6.07, 6.45) is -4.44. The quantitative estimate of drug-likeness (QED) is 0.344. The van der Waals surface area contributed by atoms with Gasteiger partial charge in [-0.2, -0.15) is 13.2 Å². The van der Waals surface area contributed by atoms with E-state index in [2.05, 4.69) is 10.3 Å². The Labute approximate surface area is 197 Å². The first-order valence-electron chi connectivity index (χ1n) is 10.2. The summed E-state index contributed by atoms with van der Waals surface area (Å²) in [5.41, 5.74) is 8.35. The number of nitrogens with one attached hydrogen (secondary N) is 1. The molecule has 4 rings (SSSR count). The van der Waals surface area contributed by atoms with E-state index in [1.807, 2.05) is 28.8 Å². The lowest BCUT2D eigenvalue weighted by Crippen LogP contribution is -2.12. The minimum absolute atomic E-state index is 0.275. The Hall–Kier alpha value is -3.79. The SMILES string of the molecule is COc1cccc(Cn2c(-c3csc(Nc4cccc(C(F)(F)F)c4)n3)cc(C(N)=O)c2C)c1. The molecule has 4 aromatic rings. The Morgan fingerprint density at radius 3 is 2.65 bits per heavy atom. The summed E-state index contributed by atoms with van der Waals surface area (Å²) in [5.74, 6) is 0.154. The van der Waals surface area contributed by atoms with Gasteiger partial charge in [0.2, 0.25) is 0 Å². The van der Waals surface area contributed by atoms with Crippen molar-refractivity contribution in [2.45, 2.75) is 19.6 Å². The van der Waals surface area contributed by atoms with E-state index in [1.54, 1.807) is 25.5 Å². The number of amides is 1. The topological polar surface area (TPSA) is 82.2 Å². The van der Waals surface area contributed by atoms with Crippen molar-refractivity contribution in [2.75, 3.05) is 12.4 Å². The minimum Gasteiger partial charge on any atom is -0.497 e. The number of aromatic nitrogens is 2. The van der Waals surface area contributed by atoms with Gasteiger partial charge in [-0.1, -0.05) is 18.2 Å². The Balaban J connectivity index is 1.67. The number of thiazole rings is 1. The third-order valence-corrected chi connectivity index (χ3v) is 6.07. The lowest BCUT2D eigenvalue weighted by atomic mass is 10.2. The Kier molecular flexibility index (Phi) is 6.34. The van der Waals surface area contributed by atoms with Gasteiger partial charge in [0.05, 0.1) is 29.6 Å². The summed E-state index contributed by atoms with van der Waals surface area (Å²) in [5, 5.41) is 5.12. The van der Waals surface area contributed by atoms with Crippen molar-refractivity contribution in [3.8, 4) is 17.1 Å². The van der Waals surface area contributed by atoms with Crippen LogP contribution >= 0.6 is 11.3 Å². The molecule has 2 aromatic carbocycles. The van der Waals surface area contributed by atoms with E-state index >= 15 is 0 Å². The van der Waals surface area contributed by atoms with Gasteiger partial charge < -0.3 is 20.4 Å². The maximum absolute atomic E-state index is 13.0. The molecule has 2 aromatic heterocycles. The maximum Gasteiger partial charge on any atom is 0.416 e. The molecule has 2 heterocycles. The molecule has 0 bridgehead atoms. The number of hydrogen-bond donors (Lipinski definition) is 2. The van der Waals surface area contributed by atoms with Gasteiger partial charge in [-0.3, -0.25) is 4.79 Å². The van der Waals surface area contributed by atoms with E-state index in [0.717, 1.165) is 17.7 Å². The molecule has 10 heteroatoms. The van der Waals surface area contributed by atoms with Crippen molar-refractivity contribution in [3.05, 3.63) is 82.4 Å². The van der Waals surface area contributed by atoms with Crippen LogP contribution in [0.25, 0.3) is 11.4 Å². The molecule has 0 aliphatic heterocycles. The molecule has 176 valence electrons. The average molecular weight is 487 g/mol. The van der Waals surface area contributed by atoms with E-state index in [9.17, 15) is 18.0 Å². The number of benzene rings is 2. The van der Waals surface area contributed by atoms with Crippen molar-refractivity contribution >= 4 is 28.1 Å². The van der Waals surface area contributed by atoms with Crippen LogP contribution in [-0.2, 0) is 12.7 Å². The van der Waals surface area contributed by atoms with Crippen LogP contribution in [0.4, 0.5) is 24.0 Å². The van der Waals surface area contributed by atoms with Gasteiger partial charge in [-0.15, -0.1) is 11.3 Å². The number of nitrogens with zero attached hydrogens (tertiary/aromatic N) is 2. The van der Waals surface area contributed by atoms with Crippen LogP contribution in [0.3, 0.4) is 0 Å². The molecular formula is C24H21F3N4O2S. The van der Waals surface area contributed by atoms with Gasteiger partial charge in [0.15, 0.2) is 5.13 Å². The first-order valence-corrected chi connectivity index (χ1v) is 11.1. The van der Waals surface area contributed by atoms with Crippen LogP contribution in [-0.4, -0.2) is 22.6 Å². The lowest BCUT2D eigenvalue weighted by Gasteiger charge is -2.12. The predicted octanol–water partition coefficient (Wildman–Crippen LogP) is 5.84. The summed E-state index contributed by atoms with van der Waals surface area (Å²) in [6, 6.07) is 14.2. The number of methoxy groups -OCH3 is 1. The first-order chi connectivity index (χ1) is 16.2. The molecule has 0 fully saturated rings. The lowest BCUT2D eigenvalue weighted by molar-refractivity contribution is -0.137. The van der Waals surface area contributed by atoms with E-state index in [1.165, 1.54) is 23.5 Å². The van der Waals surface area contributed by atoms with Crippen LogP contribution in [0.2, 0.25) is 0 Å². The summed E-state index contributed by atoms with van der Waals surface area (Å²) in [4.78, 5) is 16.5. The molecule has 0 saturated heterocycles. The average Bonchev–Trinajstić information content (AvgIpc) is 3.38. The fraction of sp³-hybridized carbons (Fsp3) is 0.167.